The van der Waals surface area contributed by atoms with Crippen LogP contribution in [0, 0.1) is 5.82 Å². The average molecular weight is 295 g/mol. The van der Waals surface area contributed by atoms with Gasteiger partial charge in [-0.3, -0.25) is 15.0 Å². The van der Waals surface area contributed by atoms with Gasteiger partial charge in [-0.1, -0.05) is 12.1 Å². The molecular weight excluding hydrogens is 273 g/mol. The Hall–Kier alpha value is -1.95. The fourth-order valence-corrected chi connectivity index (χ4v) is 1.73. The van der Waals surface area contributed by atoms with Crippen LogP contribution in [-0.2, 0) is 11.3 Å². The van der Waals surface area contributed by atoms with Crippen LogP contribution in [-0.4, -0.2) is 36.0 Å². The van der Waals surface area contributed by atoms with Gasteiger partial charge in [0.25, 0.3) is 0 Å². The predicted octanol–water partition coefficient (Wildman–Crippen LogP) is 1.88. The molecule has 1 rings (SSSR count). The summed E-state index contributed by atoms with van der Waals surface area (Å²) in [5, 5.41) is 4.89. The molecule has 0 radical (unpaired) electrons. The van der Waals surface area contributed by atoms with Gasteiger partial charge in [-0.25, -0.2) is 9.18 Å². The summed E-state index contributed by atoms with van der Waals surface area (Å²) in [6, 6.07) is 5.08. The van der Waals surface area contributed by atoms with Crippen LogP contribution in [0.5, 0.6) is 0 Å². The number of hydrogen-bond acceptors (Lipinski definition) is 3. The fraction of sp³-hybridized carbons (Fsp3) is 0.467. The van der Waals surface area contributed by atoms with Crippen molar-refractivity contribution in [3.05, 3.63) is 35.6 Å². The molecule has 0 heterocycles. The first-order valence-corrected chi connectivity index (χ1v) is 6.85. The van der Waals surface area contributed by atoms with Crippen molar-refractivity contribution in [3.8, 4) is 0 Å². The van der Waals surface area contributed by atoms with Gasteiger partial charge in [0.2, 0.25) is 5.91 Å². The highest BCUT2D eigenvalue weighted by molar-refractivity contribution is 5.96. The Morgan fingerprint density at radius 2 is 1.76 bits per heavy atom. The van der Waals surface area contributed by atoms with Gasteiger partial charge < -0.3 is 5.32 Å². The van der Waals surface area contributed by atoms with Gasteiger partial charge in [0.05, 0.1) is 6.04 Å². The van der Waals surface area contributed by atoms with E-state index in [1.165, 1.54) is 12.1 Å². The lowest BCUT2D eigenvalue weighted by atomic mass is 10.2. The highest BCUT2D eigenvalue weighted by Crippen LogP contribution is 2.08. The number of amides is 3. The molecule has 0 fully saturated rings. The quantitative estimate of drug-likeness (QED) is 0.872. The van der Waals surface area contributed by atoms with E-state index >= 15 is 0 Å². The smallest absolute Gasteiger partial charge is 0.321 e. The second kappa shape index (κ2) is 7.73. The van der Waals surface area contributed by atoms with Crippen LogP contribution in [0.15, 0.2) is 24.3 Å². The van der Waals surface area contributed by atoms with Crippen LogP contribution in [0.25, 0.3) is 0 Å². The third kappa shape index (κ3) is 5.91. The maximum atomic E-state index is 12.8. The first-order chi connectivity index (χ1) is 9.79. The van der Waals surface area contributed by atoms with E-state index in [2.05, 4.69) is 10.6 Å². The zero-order chi connectivity index (χ0) is 16.0. The normalized spacial score (nSPS) is 12.3. The standard InChI is InChI=1S/C15H22FN3O2/c1-10(2)17-15(21)18-14(20)11(3)19(4)9-12-5-7-13(16)8-6-12/h5-8,10-11H,9H2,1-4H3,(H2,17,18,20,21). The molecule has 0 aliphatic carbocycles. The summed E-state index contributed by atoms with van der Waals surface area (Å²) in [5.74, 6) is -0.671. The third-order valence-corrected chi connectivity index (χ3v) is 3.04. The molecule has 21 heavy (non-hydrogen) atoms. The Kier molecular flexibility index (Phi) is 6.30. The van der Waals surface area contributed by atoms with Crippen molar-refractivity contribution in [2.45, 2.75) is 39.4 Å². The lowest BCUT2D eigenvalue weighted by Gasteiger charge is -2.23. The number of benzene rings is 1. The summed E-state index contributed by atoms with van der Waals surface area (Å²) in [6.07, 6.45) is 0. The van der Waals surface area contributed by atoms with Crippen LogP contribution < -0.4 is 10.6 Å². The van der Waals surface area contributed by atoms with Crippen LogP contribution in [0.2, 0.25) is 0 Å². The van der Waals surface area contributed by atoms with Crippen molar-refractivity contribution in [3.63, 3.8) is 0 Å². The Labute approximate surface area is 124 Å². The van der Waals surface area contributed by atoms with Crippen molar-refractivity contribution in [2.24, 2.45) is 0 Å². The number of urea groups is 1. The van der Waals surface area contributed by atoms with Gasteiger partial charge in [-0.15, -0.1) is 0 Å². The summed E-state index contributed by atoms with van der Waals surface area (Å²) >= 11 is 0. The monoisotopic (exact) mass is 295 g/mol. The number of likely N-dealkylation sites (N-methyl/N-ethyl adjacent to an activating group) is 1. The molecule has 1 unspecified atom stereocenters. The number of carbonyl (C=O) groups is 2. The molecule has 0 saturated heterocycles. The Morgan fingerprint density at radius 3 is 2.29 bits per heavy atom. The number of nitrogens with zero attached hydrogens (tertiary/aromatic N) is 1. The van der Waals surface area contributed by atoms with Gasteiger partial charge in [-0.2, -0.15) is 0 Å². The van der Waals surface area contributed by atoms with Crippen molar-refractivity contribution in [1.82, 2.24) is 15.5 Å². The minimum absolute atomic E-state index is 0.0370. The highest BCUT2D eigenvalue weighted by atomic mass is 19.1. The molecule has 0 bridgehead atoms. The Morgan fingerprint density at radius 1 is 1.19 bits per heavy atom. The van der Waals surface area contributed by atoms with Crippen LogP contribution in [0.1, 0.15) is 26.3 Å². The van der Waals surface area contributed by atoms with E-state index < -0.39 is 12.1 Å². The molecule has 0 aliphatic heterocycles. The SMILES string of the molecule is CC(C)NC(=O)NC(=O)C(C)N(C)Cc1ccc(F)cc1. The molecule has 1 atom stereocenters. The number of rotatable bonds is 5. The molecule has 2 N–H and O–H groups in total. The number of halogens is 1. The molecule has 5 nitrogen and oxygen atoms in total. The van der Waals surface area contributed by atoms with Crippen molar-refractivity contribution in [2.75, 3.05) is 7.05 Å². The first-order valence-electron chi connectivity index (χ1n) is 6.85. The van der Waals surface area contributed by atoms with Crippen LogP contribution in [0.3, 0.4) is 0 Å². The van der Waals surface area contributed by atoms with E-state index in [1.807, 2.05) is 13.8 Å². The molecule has 3 amide bonds. The molecule has 1 aromatic rings. The van der Waals surface area contributed by atoms with Gasteiger partial charge >= 0.3 is 6.03 Å². The topological polar surface area (TPSA) is 61.4 Å². The van der Waals surface area contributed by atoms with Gasteiger partial charge in [0, 0.05) is 12.6 Å². The highest BCUT2D eigenvalue weighted by Gasteiger charge is 2.20. The first kappa shape index (κ1) is 17.1. The van der Waals surface area contributed by atoms with E-state index in [0.717, 1.165) is 5.56 Å². The Balaban J connectivity index is 2.53. The summed E-state index contributed by atoms with van der Waals surface area (Å²) in [6.45, 7) is 5.82. The molecule has 0 saturated carbocycles. The van der Waals surface area contributed by atoms with E-state index in [9.17, 15) is 14.0 Å². The Bertz CT molecular complexity index is 488. The zero-order valence-corrected chi connectivity index (χ0v) is 12.8. The predicted molar refractivity (Wildman–Crippen MR) is 79.1 cm³/mol. The maximum absolute atomic E-state index is 12.8. The molecule has 1 aromatic carbocycles. The van der Waals surface area contributed by atoms with Crippen molar-refractivity contribution in [1.29, 1.82) is 0 Å². The molecule has 0 aromatic heterocycles. The van der Waals surface area contributed by atoms with Crippen LogP contribution >= 0.6 is 0 Å². The second-order valence-electron chi connectivity index (χ2n) is 5.33. The van der Waals surface area contributed by atoms with Crippen molar-refractivity contribution < 1.29 is 14.0 Å². The molecule has 0 spiro atoms. The van der Waals surface area contributed by atoms with E-state index in [0.29, 0.717) is 6.54 Å². The largest absolute Gasteiger partial charge is 0.336 e. The van der Waals surface area contributed by atoms with Gasteiger partial charge in [0.15, 0.2) is 0 Å². The lowest BCUT2D eigenvalue weighted by molar-refractivity contribution is -0.124. The maximum Gasteiger partial charge on any atom is 0.321 e. The molecule has 6 heteroatoms. The van der Waals surface area contributed by atoms with E-state index in [-0.39, 0.29) is 17.8 Å². The second-order valence-corrected chi connectivity index (χ2v) is 5.33. The number of hydrogen-bond donors (Lipinski definition) is 2. The lowest BCUT2D eigenvalue weighted by Crippen LogP contribution is -2.49. The minimum atomic E-state index is -0.503. The zero-order valence-electron chi connectivity index (χ0n) is 12.8. The molecule has 0 aliphatic rings. The van der Waals surface area contributed by atoms with E-state index in [4.69, 9.17) is 0 Å². The summed E-state index contributed by atoms with van der Waals surface area (Å²) < 4.78 is 12.8. The molecular formula is C15H22FN3O2. The average Bonchev–Trinajstić information content (AvgIpc) is 2.39. The summed E-state index contributed by atoms with van der Waals surface area (Å²) in [5.41, 5.74) is 0.894. The van der Waals surface area contributed by atoms with Gasteiger partial charge in [0.1, 0.15) is 5.82 Å². The van der Waals surface area contributed by atoms with Gasteiger partial charge in [-0.05, 0) is 45.5 Å². The van der Waals surface area contributed by atoms with Crippen molar-refractivity contribution >= 4 is 11.9 Å². The summed E-state index contributed by atoms with van der Waals surface area (Å²) in [7, 11) is 1.77. The minimum Gasteiger partial charge on any atom is -0.336 e. The number of nitrogens with one attached hydrogen (secondary N) is 2. The van der Waals surface area contributed by atoms with E-state index in [1.54, 1.807) is 31.0 Å². The number of imide groups is 1. The molecule has 116 valence electrons. The van der Waals surface area contributed by atoms with Crippen LogP contribution in [0.4, 0.5) is 9.18 Å². The fourth-order valence-electron chi connectivity index (χ4n) is 1.73. The third-order valence-electron chi connectivity index (χ3n) is 3.04. The number of carbonyl (C=O) groups excluding carboxylic acids is 2. The summed E-state index contributed by atoms with van der Waals surface area (Å²) in [4.78, 5) is 25.2.